The van der Waals surface area contributed by atoms with Gasteiger partial charge in [-0.15, -0.1) is 0 Å². The fourth-order valence-electron chi connectivity index (χ4n) is 2.54. The predicted octanol–water partition coefficient (Wildman–Crippen LogP) is 3.43. The van der Waals surface area contributed by atoms with E-state index in [1.54, 1.807) is 0 Å². The zero-order valence-electron chi connectivity index (χ0n) is 9.39. The second kappa shape index (κ2) is 3.81. The molecule has 1 heteroatoms. The van der Waals surface area contributed by atoms with Gasteiger partial charge in [0, 0.05) is 11.8 Å². The lowest BCUT2D eigenvalue weighted by Crippen LogP contribution is -2.24. The van der Waals surface area contributed by atoms with Crippen LogP contribution in [-0.4, -0.2) is 5.78 Å². The first kappa shape index (κ1) is 10.7. The van der Waals surface area contributed by atoms with E-state index >= 15 is 0 Å². The zero-order chi connectivity index (χ0) is 10.1. The summed E-state index contributed by atoms with van der Waals surface area (Å²) in [5.41, 5.74) is 0.0175. The molecule has 1 fully saturated rings. The van der Waals surface area contributed by atoms with Gasteiger partial charge in [0.15, 0.2) is 0 Å². The van der Waals surface area contributed by atoms with Crippen molar-refractivity contribution in [3.05, 3.63) is 0 Å². The van der Waals surface area contributed by atoms with Crippen molar-refractivity contribution in [1.29, 1.82) is 0 Å². The van der Waals surface area contributed by atoms with Gasteiger partial charge in [-0.2, -0.15) is 0 Å². The van der Waals surface area contributed by atoms with Crippen molar-refractivity contribution in [2.45, 2.75) is 53.4 Å². The van der Waals surface area contributed by atoms with E-state index in [4.69, 9.17) is 0 Å². The molecule has 76 valence electrons. The van der Waals surface area contributed by atoms with Gasteiger partial charge in [0.25, 0.3) is 0 Å². The third-order valence-electron chi connectivity index (χ3n) is 3.72. The Kier molecular flexibility index (Phi) is 3.15. The van der Waals surface area contributed by atoms with Crippen LogP contribution in [0.5, 0.6) is 0 Å². The molecule has 0 unspecified atom stereocenters. The summed E-state index contributed by atoms with van der Waals surface area (Å²) in [5, 5.41) is 0. The first-order valence-corrected chi connectivity index (χ1v) is 5.53. The maximum atomic E-state index is 11.7. The molecule has 0 radical (unpaired) electrons. The van der Waals surface area contributed by atoms with E-state index in [0.29, 0.717) is 12.2 Å². The molecule has 1 saturated carbocycles. The summed E-state index contributed by atoms with van der Waals surface area (Å²) < 4.78 is 0. The average molecular weight is 182 g/mol. The van der Waals surface area contributed by atoms with Crippen LogP contribution in [0.2, 0.25) is 0 Å². The fourth-order valence-corrected chi connectivity index (χ4v) is 2.54. The smallest absolute Gasteiger partial charge is 0.138 e. The molecule has 1 aliphatic carbocycles. The first-order valence-electron chi connectivity index (χ1n) is 5.53. The SMILES string of the molecule is CCC(=O)[C@@]1(C)CC[C@@H](C(C)C)C1. The van der Waals surface area contributed by atoms with Crippen LogP contribution >= 0.6 is 0 Å². The van der Waals surface area contributed by atoms with Crippen molar-refractivity contribution in [2.75, 3.05) is 0 Å². The third kappa shape index (κ3) is 2.12. The number of ketones is 1. The summed E-state index contributed by atoms with van der Waals surface area (Å²) in [7, 11) is 0. The monoisotopic (exact) mass is 182 g/mol. The number of carbonyl (C=O) groups excluding carboxylic acids is 1. The molecule has 0 heterocycles. The maximum absolute atomic E-state index is 11.7. The highest BCUT2D eigenvalue weighted by Gasteiger charge is 2.40. The Bertz CT molecular complexity index is 195. The Balaban J connectivity index is 2.61. The number of carbonyl (C=O) groups is 1. The molecule has 0 aromatic carbocycles. The van der Waals surface area contributed by atoms with E-state index < -0.39 is 0 Å². The lowest BCUT2D eigenvalue weighted by Gasteiger charge is -2.22. The molecule has 0 aliphatic heterocycles. The second-order valence-corrected chi connectivity index (χ2v) is 5.08. The summed E-state index contributed by atoms with van der Waals surface area (Å²) in [4.78, 5) is 11.7. The molecule has 1 aliphatic rings. The van der Waals surface area contributed by atoms with Gasteiger partial charge in [-0.05, 0) is 31.1 Å². The summed E-state index contributed by atoms with van der Waals surface area (Å²) in [6.45, 7) is 8.68. The van der Waals surface area contributed by atoms with Crippen LogP contribution in [0.1, 0.15) is 53.4 Å². The largest absolute Gasteiger partial charge is 0.299 e. The molecule has 0 saturated heterocycles. The number of hydrogen-bond donors (Lipinski definition) is 0. The summed E-state index contributed by atoms with van der Waals surface area (Å²) in [6, 6.07) is 0. The molecule has 2 atom stereocenters. The van der Waals surface area contributed by atoms with Crippen molar-refractivity contribution >= 4 is 5.78 Å². The average Bonchev–Trinajstić information content (AvgIpc) is 2.48. The zero-order valence-corrected chi connectivity index (χ0v) is 9.39. The van der Waals surface area contributed by atoms with Crippen molar-refractivity contribution in [3.63, 3.8) is 0 Å². The van der Waals surface area contributed by atoms with Gasteiger partial charge >= 0.3 is 0 Å². The van der Waals surface area contributed by atoms with Gasteiger partial charge in [0.1, 0.15) is 5.78 Å². The maximum Gasteiger partial charge on any atom is 0.138 e. The highest BCUT2D eigenvalue weighted by molar-refractivity contribution is 5.84. The van der Waals surface area contributed by atoms with E-state index in [1.807, 2.05) is 6.92 Å². The molecule has 0 aromatic rings. The standard InChI is InChI=1S/C12H22O/c1-5-11(13)12(4)7-6-10(8-12)9(2)3/h9-10H,5-8H2,1-4H3/t10-,12+/m1/s1. The molecule has 1 nitrogen and oxygen atoms in total. The van der Waals surface area contributed by atoms with Crippen molar-refractivity contribution in [3.8, 4) is 0 Å². The first-order chi connectivity index (χ1) is 5.99. The number of Topliss-reactive ketones (excluding diaryl/α,β-unsaturated/α-hetero) is 1. The van der Waals surface area contributed by atoms with Gasteiger partial charge in [-0.1, -0.05) is 27.7 Å². The van der Waals surface area contributed by atoms with Gasteiger partial charge in [-0.3, -0.25) is 4.79 Å². The van der Waals surface area contributed by atoms with E-state index in [-0.39, 0.29) is 5.41 Å². The van der Waals surface area contributed by atoms with Crippen LogP contribution in [0.4, 0.5) is 0 Å². The minimum atomic E-state index is 0.0175. The van der Waals surface area contributed by atoms with Crippen LogP contribution in [0.25, 0.3) is 0 Å². The Morgan fingerprint density at radius 2 is 2.15 bits per heavy atom. The number of rotatable bonds is 3. The molecule has 0 N–H and O–H groups in total. The lowest BCUT2D eigenvalue weighted by molar-refractivity contribution is -0.127. The van der Waals surface area contributed by atoms with E-state index in [0.717, 1.165) is 24.7 Å². The highest BCUT2D eigenvalue weighted by atomic mass is 16.1. The molecular weight excluding hydrogens is 160 g/mol. The van der Waals surface area contributed by atoms with Gasteiger partial charge in [0.2, 0.25) is 0 Å². The molecule has 13 heavy (non-hydrogen) atoms. The normalized spacial score (nSPS) is 34.1. The van der Waals surface area contributed by atoms with Crippen LogP contribution in [0, 0.1) is 17.3 Å². The fraction of sp³-hybridized carbons (Fsp3) is 0.917. The van der Waals surface area contributed by atoms with Crippen molar-refractivity contribution < 1.29 is 4.79 Å². The molecule has 0 bridgehead atoms. The minimum Gasteiger partial charge on any atom is -0.299 e. The van der Waals surface area contributed by atoms with Crippen molar-refractivity contribution in [1.82, 2.24) is 0 Å². The Hall–Kier alpha value is -0.330. The van der Waals surface area contributed by atoms with Crippen LogP contribution in [0.15, 0.2) is 0 Å². The Labute approximate surface area is 81.9 Å². The predicted molar refractivity (Wildman–Crippen MR) is 55.6 cm³/mol. The Morgan fingerprint density at radius 3 is 2.54 bits per heavy atom. The van der Waals surface area contributed by atoms with Crippen molar-refractivity contribution in [2.24, 2.45) is 17.3 Å². The Morgan fingerprint density at radius 1 is 1.54 bits per heavy atom. The summed E-state index contributed by atoms with van der Waals surface area (Å²) >= 11 is 0. The van der Waals surface area contributed by atoms with E-state index in [1.165, 1.54) is 6.42 Å². The lowest BCUT2D eigenvalue weighted by atomic mass is 9.80. The molecule has 0 aromatic heterocycles. The highest BCUT2D eigenvalue weighted by Crippen LogP contribution is 2.45. The summed E-state index contributed by atoms with van der Waals surface area (Å²) in [6.07, 6.45) is 4.20. The third-order valence-corrected chi connectivity index (χ3v) is 3.72. The molecule has 0 amide bonds. The topological polar surface area (TPSA) is 17.1 Å². The molecule has 1 rings (SSSR count). The van der Waals surface area contributed by atoms with Crippen LogP contribution < -0.4 is 0 Å². The number of hydrogen-bond acceptors (Lipinski definition) is 1. The van der Waals surface area contributed by atoms with Gasteiger partial charge in [-0.25, -0.2) is 0 Å². The molecule has 0 spiro atoms. The quantitative estimate of drug-likeness (QED) is 0.653. The van der Waals surface area contributed by atoms with Crippen LogP contribution in [-0.2, 0) is 4.79 Å². The van der Waals surface area contributed by atoms with Gasteiger partial charge in [0.05, 0.1) is 0 Å². The summed E-state index contributed by atoms with van der Waals surface area (Å²) in [5.74, 6) is 1.99. The van der Waals surface area contributed by atoms with E-state index in [2.05, 4.69) is 20.8 Å². The molecular formula is C12H22O. The van der Waals surface area contributed by atoms with Crippen LogP contribution in [0.3, 0.4) is 0 Å². The van der Waals surface area contributed by atoms with Gasteiger partial charge < -0.3 is 0 Å². The second-order valence-electron chi connectivity index (χ2n) is 5.08. The van der Waals surface area contributed by atoms with E-state index in [9.17, 15) is 4.79 Å². The minimum absolute atomic E-state index is 0.0175.